The van der Waals surface area contributed by atoms with Gasteiger partial charge in [-0.3, -0.25) is 24.0 Å². The van der Waals surface area contributed by atoms with Crippen LogP contribution in [0.25, 0.3) is 22.1 Å². The molecule has 0 aliphatic heterocycles. The number of rotatable bonds is 30. The molecule has 0 spiro atoms. The van der Waals surface area contributed by atoms with Crippen molar-refractivity contribution in [3.63, 3.8) is 0 Å². The molecule has 10 rings (SSSR count). The summed E-state index contributed by atoms with van der Waals surface area (Å²) in [6, 6.07) is 60.9. The van der Waals surface area contributed by atoms with Crippen molar-refractivity contribution in [2.24, 2.45) is 5.92 Å². The zero-order valence-corrected chi connectivity index (χ0v) is 54.4. The van der Waals surface area contributed by atoms with Crippen molar-refractivity contribution in [1.82, 2.24) is 29.9 Å². The lowest BCUT2D eigenvalue weighted by molar-refractivity contribution is -0.135. The van der Waals surface area contributed by atoms with Gasteiger partial charge in [0.2, 0.25) is 5.91 Å². The van der Waals surface area contributed by atoms with Gasteiger partial charge in [-0.2, -0.15) is 0 Å². The number of fused-ring (bicyclic) bond motifs is 2. The van der Waals surface area contributed by atoms with Crippen LogP contribution in [0, 0.1) is 19.8 Å². The van der Waals surface area contributed by atoms with E-state index in [2.05, 4.69) is 33.8 Å². The lowest BCUT2D eigenvalue weighted by Gasteiger charge is -2.19. The molecule has 0 fully saturated rings. The molecule has 2 atom stereocenters. The number of nitrogens with zero attached hydrogens (tertiary/aromatic N) is 4. The van der Waals surface area contributed by atoms with E-state index in [0.717, 1.165) is 104 Å². The fraction of sp³-hybridized carbons (Fsp3) is 0.282. The van der Waals surface area contributed by atoms with E-state index in [1.165, 1.54) is 14.2 Å². The molecule has 0 saturated heterocycles. The first-order chi connectivity index (χ1) is 45.7. The molecule has 2 amide bonds. The van der Waals surface area contributed by atoms with E-state index in [1.807, 2.05) is 184 Å². The van der Waals surface area contributed by atoms with E-state index in [4.69, 9.17) is 29.0 Å². The summed E-state index contributed by atoms with van der Waals surface area (Å²) in [5.41, 5.74) is 16.0. The van der Waals surface area contributed by atoms with Gasteiger partial charge in [0.15, 0.2) is 11.6 Å². The lowest BCUT2D eigenvalue weighted by Crippen LogP contribution is -2.40. The van der Waals surface area contributed by atoms with Crippen LogP contribution >= 0.6 is 0 Å². The first-order valence-corrected chi connectivity index (χ1v) is 32.0. The molecule has 0 unspecified atom stereocenters. The molecule has 8 aromatic carbocycles. The summed E-state index contributed by atoms with van der Waals surface area (Å²) in [6.45, 7) is 9.95. The monoisotopic (exact) mass is 1260 g/mol. The summed E-state index contributed by atoms with van der Waals surface area (Å²) in [6.07, 6.45) is 5.07. The molecule has 2 N–H and O–H groups in total. The first-order valence-electron chi connectivity index (χ1n) is 32.0. The zero-order chi connectivity index (χ0) is 66.3. The van der Waals surface area contributed by atoms with Crippen LogP contribution < -0.4 is 10.8 Å². The molecule has 0 bridgehead atoms. The number of ketones is 2. The quantitative estimate of drug-likeness (QED) is 0.0246. The van der Waals surface area contributed by atoms with E-state index in [1.54, 1.807) is 24.3 Å². The van der Waals surface area contributed by atoms with E-state index < -0.39 is 6.04 Å². The maximum absolute atomic E-state index is 13.8. The third kappa shape index (κ3) is 19.0. The zero-order valence-electron chi connectivity index (χ0n) is 54.4. The van der Waals surface area contributed by atoms with E-state index in [9.17, 15) is 28.8 Å². The van der Waals surface area contributed by atoms with Crippen molar-refractivity contribution in [1.29, 1.82) is 0 Å². The Kier molecular flexibility index (Phi) is 24.6. The Balaban J connectivity index is 0.000000221. The fourth-order valence-electron chi connectivity index (χ4n) is 11.7. The smallest absolute Gasteiger partial charge is 0.337 e. The van der Waals surface area contributed by atoms with Crippen LogP contribution in [-0.2, 0) is 80.6 Å². The number of hydroxylamine groups is 1. The average molecular weight is 1260 g/mol. The normalized spacial score (nSPS) is 11.7. The second-order valence-corrected chi connectivity index (χ2v) is 23.7. The highest BCUT2D eigenvalue weighted by Gasteiger charge is 2.25. The number of methoxy groups -OCH3 is 2. The summed E-state index contributed by atoms with van der Waals surface area (Å²) in [4.78, 5) is 92.8. The number of hydrogen-bond acceptors (Lipinski definition) is 12. The van der Waals surface area contributed by atoms with Gasteiger partial charge in [-0.15, -0.1) is 0 Å². The maximum Gasteiger partial charge on any atom is 0.337 e. The van der Waals surface area contributed by atoms with Crippen LogP contribution in [0.5, 0.6) is 0 Å². The highest BCUT2D eigenvalue weighted by Crippen LogP contribution is 2.29. The first kappa shape index (κ1) is 68.2. The number of imidazole rings is 2. The number of Topliss-reactive ketones (excluding diaryl/α,β-unsaturated/α-hetero) is 2. The lowest BCUT2D eigenvalue weighted by atomic mass is 9.88. The SMILES string of the molecule is CCCc1nc2c(C)cc(C(=O)N[C@@H](CC(=O)NOCc3ccccc3)Cc3ccccc3)cc2n1Cc1ccc(C(=O)OC)cc1.CCCc1nc2cc(C(=O)C[C@@H](CC(=O)COCc3ccccc3)Cc3ccccc3)cc(C)c2n1Cc1ccc(C(=O)OC)cc1. The molecule has 16 nitrogen and oxygen atoms in total. The molecular weight excluding hydrogens is 1180 g/mol. The van der Waals surface area contributed by atoms with Gasteiger partial charge < -0.3 is 28.7 Å². The molecule has 0 aliphatic carbocycles. The number of aromatic nitrogens is 4. The van der Waals surface area contributed by atoms with Crippen LogP contribution in [-0.4, -0.2) is 81.3 Å². The number of nitrogens with one attached hydrogen (secondary N) is 2. The molecule has 94 heavy (non-hydrogen) atoms. The molecule has 2 heterocycles. The van der Waals surface area contributed by atoms with Crippen LogP contribution in [0.4, 0.5) is 0 Å². The highest BCUT2D eigenvalue weighted by molar-refractivity contribution is 6.01. The molecule has 484 valence electrons. The van der Waals surface area contributed by atoms with Gasteiger partial charge in [0, 0.05) is 62.4 Å². The van der Waals surface area contributed by atoms with Crippen molar-refractivity contribution in [2.75, 3.05) is 20.8 Å². The molecular formula is C78H82N6O10. The Bertz CT molecular complexity index is 4170. The molecule has 2 aromatic heterocycles. The minimum atomic E-state index is -0.477. The van der Waals surface area contributed by atoms with Crippen molar-refractivity contribution in [3.05, 3.63) is 273 Å². The van der Waals surface area contributed by atoms with Gasteiger partial charge in [0.25, 0.3) is 5.91 Å². The van der Waals surface area contributed by atoms with Crippen LogP contribution in [0.15, 0.2) is 194 Å². The summed E-state index contributed by atoms with van der Waals surface area (Å²) >= 11 is 0. The molecule has 0 radical (unpaired) electrons. The minimum Gasteiger partial charge on any atom is -0.465 e. The van der Waals surface area contributed by atoms with E-state index >= 15 is 0 Å². The van der Waals surface area contributed by atoms with Gasteiger partial charge in [0.1, 0.15) is 18.3 Å². The van der Waals surface area contributed by atoms with Crippen molar-refractivity contribution < 1.29 is 47.8 Å². The van der Waals surface area contributed by atoms with E-state index in [-0.39, 0.29) is 73.7 Å². The molecule has 0 aliphatic rings. The standard InChI is InChI=1S/C40H42N2O5.C38H40N4O5/c1-4-11-38-41-36-24-34(20-28(2)39(36)42(38)25-30-16-18-33(19-17-30)40(45)46-3)37(44)23-32(21-29-12-7-5-8-13-29)22-35(43)27-47-26-31-14-9-6-10-15-31;1-4-11-34-40-36-26(2)20-31(22-33(36)42(34)24-28-16-18-30(19-17-28)38(45)46-3)37(44)39-32(21-27-12-7-5-8-13-27)23-35(43)41-47-25-29-14-9-6-10-15-29/h5-10,12-20,24,32H,4,11,21-23,25-27H2,1-3H3;5-10,12-20,22,32H,4,11,21,23-25H2,1-3H3,(H,39,44)(H,41,43)/t2*32-/m11/s1. The van der Waals surface area contributed by atoms with E-state index in [0.29, 0.717) is 54.8 Å². The maximum atomic E-state index is 13.8. The number of benzene rings is 8. The Labute approximate surface area is 549 Å². The summed E-state index contributed by atoms with van der Waals surface area (Å²) in [7, 11) is 2.74. The average Bonchev–Trinajstić information content (AvgIpc) is 1.67. The second kappa shape index (κ2) is 33.9. The Hall–Kier alpha value is -10.2. The number of aryl methyl sites for hydroxylation is 4. The van der Waals surface area contributed by atoms with Crippen LogP contribution in [0.2, 0.25) is 0 Å². The van der Waals surface area contributed by atoms with Crippen LogP contribution in [0.1, 0.15) is 144 Å². The minimum absolute atomic E-state index is 0.000995. The Morgan fingerprint density at radius 1 is 0.500 bits per heavy atom. The Morgan fingerprint density at radius 2 is 1.01 bits per heavy atom. The van der Waals surface area contributed by atoms with Crippen molar-refractivity contribution in [2.45, 2.75) is 118 Å². The van der Waals surface area contributed by atoms with Gasteiger partial charge in [-0.1, -0.05) is 159 Å². The van der Waals surface area contributed by atoms with Crippen LogP contribution in [0.3, 0.4) is 0 Å². The largest absolute Gasteiger partial charge is 0.465 e. The van der Waals surface area contributed by atoms with Crippen molar-refractivity contribution >= 4 is 57.4 Å². The number of esters is 2. The summed E-state index contributed by atoms with van der Waals surface area (Å²) in [5.74, 6) is 0.360. The highest BCUT2D eigenvalue weighted by atomic mass is 16.6. The number of carbonyl (C=O) groups excluding carboxylic acids is 6. The topological polar surface area (TPSA) is 199 Å². The van der Waals surface area contributed by atoms with Gasteiger partial charge in [-0.05, 0) is 138 Å². The third-order valence-corrected chi connectivity index (χ3v) is 16.3. The molecule has 0 saturated carbocycles. The van der Waals surface area contributed by atoms with Gasteiger partial charge in [0.05, 0.1) is 60.6 Å². The van der Waals surface area contributed by atoms with Gasteiger partial charge >= 0.3 is 11.9 Å². The molecule has 10 aromatic rings. The number of ether oxygens (including phenoxy) is 3. The molecule has 16 heteroatoms. The number of hydrogen-bond donors (Lipinski definition) is 2. The summed E-state index contributed by atoms with van der Waals surface area (Å²) < 4.78 is 19.7. The third-order valence-electron chi connectivity index (χ3n) is 16.3. The fourth-order valence-corrected chi connectivity index (χ4v) is 11.7. The predicted octanol–water partition coefficient (Wildman–Crippen LogP) is 13.9. The second-order valence-electron chi connectivity index (χ2n) is 23.7. The number of carbonyl (C=O) groups is 6. The van der Waals surface area contributed by atoms with Crippen molar-refractivity contribution in [3.8, 4) is 0 Å². The van der Waals surface area contributed by atoms with Gasteiger partial charge in [-0.25, -0.2) is 25.0 Å². The summed E-state index contributed by atoms with van der Waals surface area (Å²) in [5, 5.41) is 3.11. The number of amides is 2. The predicted molar refractivity (Wildman–Crippen MR) is 364 cm³/mol. The Morgan fingerprint density at radius 3 is 1.56 bits per heavy atom.